The highest BCUT2D eigenvalue weighted by molar-refractivity contribution is 6.29. The molecule has 2 aromatic rings. The number of nitrogens with zero attached hydrogens (tertiary/aromatic N) is 2. The van der Waals surface area contributed by atoms with Crippen molar-refractivity contribution in [1.82, 2.24) is 9.55 Å². The van der Waals surface area contributed by atoms with Crippen molar-refractivity contribution in [3.05, 3.63) is 57.2 Å². The zero-order valence-electron chi connectivity index (χ0n) is 11.9. The van der Waals surface area contributed by atoms with E-state index in [4.69, 9.17) is 11.6 Å². The molecule has 0 fully saturated rings. The maximum Gasteiger partial charge on any atom is 0.255 e. The van der Waals surface area contributed by atoms with E-state index in [0.717, 1.165) is 5.56 Å². The maximum atomic E-state index is 12.1. The fourth-order valence-corrected chi connectivity index (χ4v) is 2.22. The van der Waals surface area contributed by atoms with Crippen molar-refractivity contribution < 1.29 is 4.79 Å². The number of aryl methyl sites for hydroxylation is 2. The Bertz CT molecular complexity index is 725. The van der Waals surface area contributed by atoms with Gasteiger partial charge in [-0.05, 0) is 24.6 Å². The molecule has 110 valence electrons. The van der Waals surface area contributed by atoms with Crippen molar-refractivity contribution in [2.24, 2.45) is 0 Å². The van der Waals surface area contributed by atoms with Crippen LogP contribution in [0.5, 0.6) is 0 Å². The molecule has 1 heterocycles. The molecule has 6 heteroatoms. The Morgan fingerprint density at radius 2 is 2.14 bits per heavy atom. The second-order valence-electron chi connectivity index (χ2n) is 4.69. The van der Waals surface area contributed by atoms with Gasteiger partial charge >= 0.3 is 0 Å². The Kier molecular flexibility index (Phi) is 4.75. The van der Waals surface area contributed by atoms with Gasteiger partial charge in [-0.15, -0.1) is 0 Å². The van der Waals surface area contributed by atoms with Crippen LogP contribution < -0.4 is 10.9 Å². The topological polar surface area (TPSA) is 64.0 Å². The van der Waals surface area contributed by atoms with Gasteiger partial charge in [0.05, 0.1) is 0 Å². The second kappa shape index (κ2) is 6.54. The van der Waals surface area contributed by atoms with Gasteiger partial charge in [0.25, 0.3) is 5.56 Å². The summed E-state index contributed by atoms with van der Waals surface area (Å²) in [5.41, 5.74) is 1.42. The monoisotopic (exact) mass is 305 g/mol. The van der Waals surface area contributed by atoms with Gasteiger partial charge in [-0.25, -0.2) is 4.98 Å². The highest BCUT2D eigenvalue weighted by Crippen LogP contribution is 2.10. The van der Waals surface area contributed by atoms with E-state index in [1.165, 1.54) is 10.6 Å². The molecule has 0 unspecified atom stereocenters. The molecule has 0 bridgehead atoms. The molecular formula is C15H16ClN3O2. The quantitative estimate of drug-likeness (QED) is 0.882. The minimum atomic E-state index is -0.328. The van der Waals surface area contributed by atoms with Crippen LogP contribution in [0.2, 0.25) is 5.15 Å². The van der Waals surface area contributed by atoms with Crippen LogP contribution in [0, 0.1) is 6.92 Å². The van der Waals surface area contributed by atoms with Crippen LogP contribution in [0.4, 0.5) is 5.69 Å². The van der Waals surface area contributed by atoms with E-state index in [1.807, 2.05) is 32.0 Å². The normalized spacial score (nSPS) is 10.4. The fraction of sp³-hybridized carbons (Fsp3) is 0.267. The van der Waals surface area contributed by atoms with Crippen LogP contribution in [-0.2, 0) is 17.8 Å². The third-order valence-corrected chi connectivity index (χ3v) is 3.17. The SMILES string of the molecule is CCc1nc(Cl)cc(=O)n1CC(=O)Nc1cccc(C)c1. The van der Waals surface area contributed by atoms with E-state index in [0.29, 0.717) is 17.9 Å². The first-order chi connectivity index (χ1) is 9.99. The molecular weight excluding hydrogens is 290 g/mol. The molecule has 0 aliphatic carbocycles. The molecule has 0 saturated heterocycles. The van der Waals surface area contributed by atoms with Crippen molar-refractivity contribution in [3.8, 4) is 0 Å². The van der Waals surface area contributed by atoms with Crippen molar-refractivity contribution in [2.75, 3.05) is 5.32 Å². The van der Waals surface area contributed by atoms with Crippen LogP contribution in [0.25, 0.3) is 0 Å². The van der Waals surface area contributed by atoms with E-state index in [1.54, 1.807) is 6.07 Å². The molecule has 0 aliphatic rings. The average molecular weight is 306 g/mol. The first kappa shape index (κ1) is 15.3. The summed E-state index contributed by atoms with van der Waals surface area (Å²) in [5.74, 6) is 0.216. The predicted octanol–water partition coefficient (Wildman–Crippen LogP) is 2.41. The molecule has 0 saturated carbocycles. The van der Waals surface area contributed by atoms with E-state index >= 15 is 0 Å². The van der Waals surface area contributed by atoms with Gasteiger partial charge in [-0.2, -0.15) is 0 Å². The Labute approximate surface area is 127 Å². The molecule has 0 radical (unpaired) electrons. The van der Waals surface area contributed by atoms with E-state index in [-0.39, 0.29) is 23.2 Å². The number of rotatable bonds is 4. The number of carbonyl (C=O) groups excluding carboxylic acids is 1. The summed E-state index contributed by atoms with van der Waals surface area (Å²) in [6, 6.07) is 8.67. The summed E-state index contributed by atoms with van der Waals surface area (Å²) in [5, 5.41) is 2.91. The van der Waals surface area contributed by atoms with Gasteiger partial charge in [-0.1, -0.05) is 30.7 Å². The summed E-state index contributed by atoms with van der Waals surface area (Å²) in [6.45, 7) is 3.71. The molecule has 2 rings (SSSR count). The third-order valence-electron chi connectivity index (χ3n) is 2.98. The molecule has 1 aromatic heterocycles. The number of aromatic nitrogens is 2. The van der Waals surface area contributed by atoms with Crippen molar-refractivity contribution in [1.29, 1.82) is 0 Å². The summed E-state index contributed by atoms with van der Waals surface area (Å²) in [7, 11) is 0. The molecule has 0 atom stereocenters. The van der Waals surface area contributed by atoms with Gasteiger partial charge < -0.3 is 5.32 Å². The number of anilines is 1. The summed E-state index contributed by atoms with van der Waals surface area (Å²) in [4.78, 5) is 28.1. The lowest BCUT2D eigenvalue weighted by atomic mass is 10.2. The summed E-state index contributed by atoms with van der Waals surface area (Å²) < 4.78 is 1.33. The molecule has 0 spiro atoms. The van der Waals surface area contributed by atoms with Crippen molar-refractivity contribution >= 4 is 23.2 Å². The summed E-state index contributed by atoms with van der Waals surface area (Å²) in [6.07, 6.45) is 0.521. The lowest BCUT2D eigenvalue weighted by Gasteiger charge is -2.11. The average Bonchev–Trinajstić information content (AvgIpc) is 2.41. The zero-order valence-corrected chi connectivity index (χ0v) is 12.6. The predicted molar refractivity (Wildman–Crippen MR) is 82.7 cm³/mol. The van der Waals surface area contributed by atoms with Gasteiger partial charge in [0, 0.05) is 18.2 Å². The largest absolute Gasteiger partial charge is 0.325 e. The third kappa shape index (κ3) is 3.92. The number of nitrogens with one attached hydrogen (secondary N) is 1. The number of halogens is 1. The molecule has 21 heavy (non-hydrogen) atoms. The van der Waals surface area contributed by atoms with Gasteiger partial charge in [-0.3, -0.25) is 14.2 Å². The van der Waals surface area contributed by atoms with Crippen LogP contribution in [-0.4, -0.2) is 15.5 Å². The van der Waals surface area contributed by atoms with E-state index in [2.05, 4.69) is 10.3 Å². The highest BCUT2D eigenvalue weighted by Gasteiger charge is 2.11. The summed E-state index contributed by atoms with van der Waals surface area (Å²) >= 11 is 5.76. The molecule has 1 N–H and O–H groups in total. The second-order valence-corrected chi connectivity index (χ2v) is 5.08. The Morgan fingerprint density at radius 3 is 2.81 bits per heavy atom. The van der Waals surface area contributed by atoms with Crippen LogP contribution in [0.1, 0.15) is 18.3 Å². The standard InChI is InChI=1S/C15H16ClN3O2/c1-3-13-18-12(16)8-15(21)19(13)9-14(20)17-11-6-4-5-10(2)7-11/h4-8H,3,9H2,1-2H3,(H,17,20). The van der Waals surface area contributed by atoms with Crippen LogP contribution >= 0.6 is 11.6 Å². The number of carbonyl (C=O) groups is 1. The minimum Gasteiger partial charge on any atom is -0.325 e. The lowest BCUT2D eigenvalue weighted by molar-refractivity contribution is -0.116. The number of hydrogen-bond acceptors (Lipinski definition) is 3. The zero-order chi connectivity index (χ0) is 15.4. The Morgan fingerprint density at radius 1 is 1.38 bits per heavy atom. The Hall–Kier alpha value is -2.14. The van der Waals surface area contributed by atoms with E-state index < -0.39 is 0 Å². The maximum absolute atomic E-state index is 12.1. The first-order valence-electron chi connectivity index (χ1n) is 6.62. The molecule has 5 nitrogen and oxygen atoms in total. The fourth-order valence-electron chi connectivity index (χ4n) is 2.03. The minimum absolute atomic E-state index is 0.0832. The van der Waals surface area contributed by atoms with Gasteiger partial charge in [0.15, 0.2) is 0 Å². The van der Waals surface area contributed by atoms with Gasteiger partial charge in [0.1, 0.15) is 17.5 Å². The van der Waals surface area contributed by atoms with Crippen LogP contribution in [0.15, 0.2) is 35.1 Å². The molecule has 1 amide bonds. The Balaban J connectivity index is 2.18. The van der Waals surface area contributed by atoms with Gasteiger partial charge in [0.2, 0.25) is 5.91 Å². The molecule has 1 aromatic carbocycles. The first-order valence-corrected chi connectivity index (χ1v) is 7.00. The molecule has 0 aliphatic heterocycles. The number of hydrogen-bond donors (Lipinski definition) is 1. The lowest BCUT2D eigenvalue weighted by Crippen LogP contribution is -2.30. The van der Waals surface area contributed by atoms with Crippen molar-refractivity contribution in [2.45, 2.75) is 26.8 Å². The van der Waals surface area contributed by atoms with Crippen molar-refractivity contribution in [3.63, 3.8) is 0 Å². The smallest absolute Gasteiger partial charge is 0.255 e. The highest BCUT2D eigenvalue weighted by atomic mass is 35.5. The number of amides is 1. The van der Waals surface area contributed by atoms with Crippen LogP contribution in [0.3, 0.4) is 0 Å². The number of benzene rings is 1. The van der Waals surface area contributed by atoms with E-state index in [9.17, 15) is 9.59 Å².